The molecule has 7 heteroatoms. The van der Waals surface area contributed by atoms with E-state index in [2.05, 4.69) is 32.1 Å². The number of benzene rings is 1. The second kappa shape index (κ2) is 7.70. The predicted octanol–water partition coefficient (Wildman–Crippen LogP) is 2.54. The Hall–Kier alpha value is -2.67. The van der Waals surface area contributed by atoms with E-state index in [1.54, 1.807) is 19.1 Å². The van der Waals surface area contributed by atoms with E-state index in [9.17, 15) is 4.79 Å². The maximum Gasteiger partial charge on any atom is 0.159 e. The lowest BCUT2D eigenvalue weighted by atomic mass is 10.0. The van der Waals surface area contributed by atoms with Gasteiger partial charge in [0.25, 0.3) is 0 Å². The van der Waals surface area contributed by atoms with Gasteiger partial charge in [-0.1, -0.05) is 0 Å². The molecule has 3 N–H and O–H groups in total. The number of aromatic nitrogens is 2. The monoisotopic (exact) mass is 354 g/mol. The van der Waals surface area contributed by atoms with Crippen LogP contribution >= 0.6 is 0 Å². The molecule has 1 saturated heterocycles. The van der Waals surface area contributed by atoms with E-state index in [4.69, 9.17) is 5.73 Å². The lowest BCUT2D eigenvalue weighted by molar-refractivity contribution is 0.101. The molecule has 0 unspecified atom stereocenters. The molecule has 1 fully saturated rings. The summed E-state index contributed by atoms with van der Waals surface area (Å²) in [5.74, 6) is 1.36. The molecule has 3 rings (SSSR count). The number of rotatable bonds is 5. The average Bonchev–Trinajstić information content (AvgIpc) is 2.64. The van der Waals surface area contributed by atoms with E-state index in [-0.39, 0.29) is 5.78 Å². The summed E-state index contributed by atoms with van der Waals surface area (Å²) in [5, 5.41) is 3.22. The molecule has 7 nitrogen and oxygen atoms in total. The molecule has 0 saturated carbocycles. The van der Waals surface area contributed by atoms with Gasteiger partial charge in [0.05, 0.1) is 0 Å². The number of nitrogens with zero attached hydrogens (tertiary/aromatic N) is 4. The molecule has 1 aromatic carbocycles. The Labute approximate surface area is 154 Å². The fourth-order valence-electron chi connectivity index (χ4n) is 3.25. The van der Waals surface area contributed by atoms with Crippen LogP contribution in [0.15, 0.2) is 30.6 Å². The van der Waals surface area contributed by atoms with Crippen LogP contribution in [0.25, 0.3) is 0 Å². The first-order valence-corrected chi connectivity index (χ1v) is 8.85. The number of nitrogens with one attached hydrogen (secondary N) is 1. The van der Waals surface area contributed by atoms with Crippen LogP contribution in [0, 0.1) is 0 Å². The minimum absolute atomic E-state index is 0.0418. The molecule has 0 spiro atoms. The summed E-state index contributed by atoms with van der Waals surface area (Å²) in [7, 11) is 4.19. The lowest BCUT2D eigenvalue weighted by Gasteiger charge is -2.36. The smallest absolute Gasteiger partial charge is 0.159 e. The van der Waals surface area contributed by atoms with E-state index in [1.165, 1.54) is 6.33 Å². The Morgan fingerprint density at radius 3 is 2.50 bits per heavy atom. The van der Waals surface area contributed by atoms with E-state index in [0.717, 1.165) is 37.4 Å². The van der Waals surface area contributed by atoms with E-state index < -0.39 is 0 Å². The number of carbonyl (C=O) groups excluding carboxylic acids is 1. The van der Waals surface area contributed by atoms with Gasteiger partial charge in [-0.25, -0.2) is 9.97 Å². The number of nitrogen functional groups attached to an aromatic ring is 1. The molecular formula is C19H26N6O. The van der Waals surface area contributed by atoms with Gasteiger partial charge in [-0.05, 0) is 64.2 Å². The third-order valence-electron chi connectivity index (χ3n) is 4.99. The standard InChI is InChI=1S/C19H26N6O/c1-13(26)14-4-6-15(7-5-14)23-18-17(20)19(22-12-21-18)25(3)16-8-10-24(2)11-9-16/h4-7,12,16H,8-11,20H2,1-3H3,(H,21,22,23). The summed E-state index contributed by atoms with van der Waals surface area (Å²) < 4.78 is 0. The van der Waals surface area contributed by atoms with Crippen LogP contribution in [-0.2, 0) is 0 Å². The molecule has 0 bridgehead atoms. The first kappa shape index (κ1) is 18.1. The van der Waals surface area contributed by atoms with Crippen LogP contribution in [0.2, 0.25) is 0 Å². The third-order valence-corrected chi connectivity index (χ3v) is 4.99. The highest BCUT2D eigenvalue weighted by Crippen LogP contribution is 2.30. The zero-order valence-corrected chi connectivity index (χ0v) is 15.6. The Morgan fingerprint density at radius 1 is 1.23 bits per heavy atom. The molecule has 1 aliphatic rings. The normalized spacial score (nSPS) is 15.7. The van der Waals surface area contributed by atoms with Crippen molar-refractivity contribution < 1.29 is 4.79 Å². The summed E-state index contributed by atoms with van der Waals surface area (Å²) in [6.45, 7) is 3.71. The Morgan fingerprint density at radius 2 is 1.88 bits per heavy atom. The maximum absolute atomic E-state index is 11.4. The molecule has 0 amide bonds. The summed E-state index contributed by atoms with van der Waals surface area (Å²) in [6, 6.07) is 7.68. The number of piperidine rings is 1. The number of Topliss-reactive ketones (excluding diaryl/α,β-unsaturated/α-hetero) is 1. The molecule has 2 heterocycles. The van der Waals surface area contributed by atoms with Crippen LogP contribution < -0.4 is 16.0 Å². The Balaban J connectivity index is 1.77. The number of hydrogen-bond donors (Lipinski definition) is 2. The lowest BCUT2D eigenvalue weighted by Crippen LogP contribution is -2.42. The van der Waals surface area contributed by atoms with E-state index in [1.807, 2.05) is 19.2 Å². The fraction of sp³-hybridized carbons (Fsp3) is 0.421. The second-order valence-electron chi connectivity index (χ2n) is 6.86. The molecule has 138 valence electrons. The van der Waals surface area contributed by atoms with Crippen molar-refractivity contribution in [1.29, 1.82) is 0 Å². The van der Waals surface area contributed by atoms with Crippen LogP contribution in [0.4, 0.5) is 23.0 Å². The van der Waals surface area contributed by atoms with Crippen molar-refractivity contribution in [2.45, 2.75) is 25.8 Å². The van der Waals surface area contributed by atoms with Crippen molar-refractivity contribution in [3.8, 4) is 0 Å². The van der Waals surface area contributed by atoms with Gasteiger partial charge in [-0.2, -0.15) is 0 Å². The SMILES string of the molecule is CC(=O)c1ccc(Nc2ncnc(N(C)C3CCN(C)CC3)c2N)cc1. The molecule has 1 aliphatic heterocycles. The van der Waals surface area contributed by atoms with Gasteiger partial charge in [0.1, 0.15) is 12.0 Å². The van der Waals surface area contributed by atoms with Crippen LogP contribution in [0.3, 0.4) is 0 Å². The fourth-order valence-corrected chi connectivity index (χ4v) is 3.25. The number of likely N-dealkylation sites (tertiary alicyclic amines) is 1. The molecule has 1 aromatic heterocycles. The zero-order valence-electron chi connectivity index (χ0n) is 15.6. The van der Waals surface area contributed by atoms with Crippen molar-refractivity contribution in [3.05, 3.63) is 36.2 Å². The van der Waals surface area contributed by atoms with Gasteiger partial charge >= 0.3 is 0 Å². The highest BCUT2D eigenvalue weighted by molar-refractivity contribution is 5.94. The van der Waals surface area contributed by atoms with Crippen molar-refractivity contribution in [2.75, 3.05) is 43.1 Å². The summed E-state index contributed by atoms with van der Waals surface area (Å²) >= 11 is 0. The van der Waals surface area contributed by atoms with Crippen LogP contribution in [0.5, 0.6) is 0 Å². The predicted molar refractivity (Wildman–Crippen MR) is 105 cm³/mol. The van der Waals surface area contributed by atoms with Gasteiger partial charge in [-0.3, -0.25) is 4.79 Å². The molecular weight excluding hydrogens is 328 g/mol. The van der Waals surface area contributed by atoms with E-state index in [0.29, 0.717) is 23.1 Å². The van der Waals surface area contributed by atoms with Gasteiger partial charge < -0.3 is 20.9 Å². The molecule has 2 aromatic rings. The summed E-state index contributed by atoms with van der Waals surface area (Å²) in [4.78, 5) is 24.6. The summed E-state index contributed by atoms with van der Waals surface area (Å²) in [5.41, 5.74) is 8.38. The molecule has 0 aliphatic carbocycles. The third kappa shape index (κ3) is 3.94. The number of hydrogen-bond acceptors (Lipinski definition) is 7. The van der Waals surface area contributed by atoms with Crippen LogP contribution in [-0.4, -0.2) is 53.9 Å². The quantitative estimate of drug-likeness (QED) is 0.798. The Kier molecular flexibility index (Phi) is 5.37. The highest BCUT2D eigenvalue weighted by atomic mass is 16.1. The molecule has 0 radical (unpaired) electrons. The second-order valence-corrected chi connectivity index (χ2v) is 6.86. The zero-order chi connectivity index (χ0) is 18.7. The maximum atomic E-state index is 11.4. The topological polar surface area (TPSA) is 87.4 Å². The van der Waals surface area contributed by atoms with Crippen molar-refractivity contribution in [3.63, 3.8) is 0 Å². The number of anilines is 4. The van der Waals surface area contributed by atoms with Gasteiger partial charge in [0, 0.05) is 24.3 Å². The Bertz CT molecular complexity index is 768. The first-order chi connectivity index (χ1) is 12.5. The largest absolute Gasteiger partial charge is 0.393 e. The van der Waals surface area contributed by atoms with Crippen molar-refractivity contribution in [2.24, 2.45) is 0 Å². The first-order valence-electron chi connectivity index (χ1n) is 8.85. The van der Waals surface area contributed by atoms with Crippen molar-refractivity contribution in [1.82, 2.24) is 14.9 Å². The number of carbonyl (C=O) groups is 1. The summed E-state index contributed by atoms with van der Waals surface area (Å²) in [6.07, 6.45) is 3.71. The average molecular weight is 354 g/mol. The van der Waals surface area contributed by atoms with E-state index >= 15 is 0 Å². The van der Waals surface area contributed by atoms with Gasteiger partial charge in [0.15, 0.2) is 17.4 Å². The highest BCUT2D eigenvalue weighted by Gasteiger charge is 2.23. The van der Waals surface area contributed by atoms with Crippen LogP contribution in [0.1, 0.15) is 30.1 Å². The minimum atomic E-state index is 0.0418. The minimum Gasteiger partial charge on any atom is -0.393 e. The van der Waals surface area contributed by atoms with Gasteiger partial charge in [0.2, 0.25) is 0 Å². The molecule has 26 heavy (non-hydrogen) atoms. The number of nitrogens with two attached hydrogens (primary N) is 1. The van der Waals surface area contributed by atoms with Gasteiger partial charge in [-0.15, -0.1) is 0 Å². The number of ketones is 1. The molecule has 0 atom stereocenters. The van der Waals surface area contributed by atoms with Crippen molar-refractivity contribution >= 4 is 28.8 Å².